The summed E-state index contributed by atoms with van der Waals surface area (Å²) in [4.78, 5) is 32.2. The lowest BCUT2D eigenvalue weighted by Gasteiger charge is -2.27. The molecule has 5 aromatic rings. The number of fused-ring (bicyclic) bond motifs is 1. The number of allylic oxidation sites excluding steroid dienone is 2. The van der Waals surface area contributed by atoms with Gasteiger partial charge in [0, 0.05) is 11.4 Å². The zero-order valence-corrected chi connectivity index (χ0v) is 22.6. The summed E-state index contributed by atoms with van der Waals surface area (Å²) in [5.41, 5.74) is 5.23. The third-order valence-corrected chi connectivity index (χ3v) is 7.30. The topological polar surface area (TPSA) is 47.1 Å². The molecule has 0 unspecified atom stereocenters. The van der Waals surface area contributed by atoms with E-state index in [0.29, 0.717) is 11.4 Å². The van der Waals surface area contributed by atoms with E-state index in [1.165, 1.54) is 10.0 Å². The van der Waals surface area contributed by atoms with E-state index in [0.717, 1.165) is 28.6 Å². The van der Waals surface area contributed by atoms with Gasteiger partial charge < -0.3 is 0 Å². The van der Waals surface area contributed by atoms with Crippen molar-refractivity contribution in [2.24, 2.45) is 0 Å². The molecular weight excluding hydrogens is 520 g/mol. The van der Waals surface area contributed by atoms with Gasteiger partial charge >= 0.3 is 0 Å². The van der Waals surface area contributed by atoms with Crippen LogP contribution in [-0.4, -0.2) is 11.8 Å². The quantitative estimate of drug-likeness (QED) is 0.167. The second-order valence-corrected chi connectivity index (χ2v) is 9.84. The molecule has 6 heteroatoms. The summed E-state index contributed by atoms with van der Waals surface area (Å²) in [6.07, 6.45) is 3.51. The van der Waals surface area contributed by atoms with Crippen LogP contribution in [0.25, 0.3) is 0 Å². The van der Waals surface area contributed by atoms with Crippen LogP contribution in [0.4, 0.5) is 34.1 Å². The summed E-state index contributed by atoms with van der Waals surface area (Å²) in [5, 5.41) is 2.88. The fourth-order valence-corrected chi connectivity index (χ4v) is 5.44. The largest absolute Gasteiger partial charge is 0.294 e. The highest BCUT2D eigenvalue weighted by Crippen LogP contribution is 2.49. The first-order valence-electron chi connectivity index (χ1n) is 13.7. The van der Waals surface area contributed by atoms with Gasteiger partial charge in [0.05, 0.1) is 22.7 Å². The number of hydrazine groups is 1. The Hall–Kier alpha value is -5.88. The van der Waals surface area contributed by atoms with E-state index < -0.39 is 0 Å². The standard InChI is InChI=1S/C36H26N4O2/c41-35-31(36(42)40(30-21-11-4-12-22-30)39(35)29-19-9-3-10-20-29)25-26-34-37(27-15-5-1-6-16-27)32-23-13-14-24-33(32)38(34)28-17-7-2-8-18-28/h1-26H. The normalized spacial score (nSPS) is 14.5. The van der Waals surface area contributed by atoms with Gasteiger partial charge in [-0.15, -0.1) is 0 Å². The molecule has 0 aromatic heterocycles. The lowest BCUT2D eigenvalue weighted by Crippen LogP contribution is -2.41. The Morgan fingerprint density at radius 3 is 1.10 bits per heavy atom. The number of carbonyl (C=O) groups excluding carboxylic acids is 2. The number of anilines is 6. The van der Waals surface area contributed by atoms with Crippen LogP contribution in [0.15, 0.2) is 169 Å². The van der Waals surface area contributed by atoms with Crippen LogP contribution in [0.5, 0.6) is 0 Å². The summed E-state index contributed by atoms with van der Waals surface area (Å²) in [6.45, 7) is 0. The van der Waals surface area contributed by atoms with Crippen LogP contribution in [0.3, 0.4) is 0 Å². The van der Waals surface area contributed by atoms with Crippen molar-refractivity contribution in [2.75, 3.05) is 19.8 Å². The summed E-state index contributed by atoms with van der Waals surface area (Å²) < 4.78 is 0. The maximum absolute atomic E-state index is 14.0. The summed E-state index contributed by atoms with van der Waals surface area (Å²) in [7, 11) is 0. The molecule has 6 nitrogen and oxygen atoms in total. The Balaban J connectivity index is 1.39. The van der Waals surface area contributed by atoms with E-state index in [-0.39, 0.29) is 17.4 Å². The van der Waals surface area contributed by atoms with E-state index in [9.17, 15) is 9.59 Å². The minimum atomic E-state index is -0.389. The van der Waals surface area contributed by atoms with Gasteiger partial charge in [-0.05, 0) is 72.8 Å². The van der Waals surface area contributed by atoms with Gasteiger partial charge in [-0.25, -0.2) is 10.0 Å². The van der Waals surface area contributed by atoms with E-state index in [1.54, 1.807) is 6.08 Å². The van der Waals surface area contributed by atoms with Gasteiger partial charge in [0.15, 0.2) is 0 Å². The number of hydrogen-bond donors (Lipinski definition) is 0. The van der Waals surface area contributed by atoms with Crippen molar-refractivity contribution >= 4 is 45.9 Å². The smallest absolute Gasteiger partial charge is 0.283 e. The Labute approximate surface area is 244 Å². The lowest BCUT2D eigenvalue weighted by molar-refractivity contribution is -0.116. The highest BCUT2D eigenvalue weighted by Gasteiger charge is 2.43. The summed E-state index contributed by atoms with van der Waals surface area (Å²) in [6, 6.07) is 46.8. The van der Waals surface area contributed by atoms with Crippen molar-refractivity contribution in [2.45, 2.75) is 0 Å². The second kappa shape index (κ2) is 10.6. The molecular formula is C36H26N4O2. The molecule has 5 aromatic carbocycles. The summed E-state index contributed by atoms with van der Waals surface area (Å²) in [5.74, 6) is 0.0194. The summed E-state index contributed by atoms with van der Waals surface area (Å²) >= 11 is 0. The first kappa shape index (κ1) is 25.1. The van der Waals surface area contributed by atoms with E-state index in [1.807, 2.05) is 140 Å². The van der Waals surface area contributed by atoms with Crippen LogP contribution in [-0.2, 0) is 9.59 Å². The molecule has 2 aliphatic heterocycles. The predicted molar refractivity (Wildman–Crippen MR) is 168 cm³/mol. The molecule has 2 aliphatic rings. The molecule has 2 heterocycles. The molecule has 0 aliphatic carbocycles. The van der Waals surface area contributed by atoms with E-state index >= 15 is 0 Å². The molecule has 0 radical (unpaired) electrons. The molecule has 0 spiro atoms. The predicted octanol–water partition coefficient (Wildman–Crippen LogP) is 7.74. The second-order valence-electron chi connectivity index (χ2n) is 9.84. The minimum Gasteiger partial charge on any atom is -0.294 e. The van der Waals surface area contributed by atoms with Crippen molar-refractivity contribution in [3.8, 4) is 0 Å². The number of rotatable bonds is 5. The maximum Gasteiger partial charge on any atom is 0.283 e. The minimum absolute atomic E-state index is 0.0761. The maximum atomic E-state index is 14.0. The van der Waals surface area contributed by atoms with Gasteiger partial charge in [-0.1, -0.05) is 84.9 Å². The fourth-order valence-electron chi connectivity index (χ4n) is 5.44. The lowest BCUT2D eigenvalue weighted by atomic mass is 10.2. The Morgan fingerprint density at radius 1 is 0.381 bits per heavy atom. The van der Waals surface area contributed by atoms with Crippen molar-refractivity contribution in [1.82, 2.24) is 0 Å². The first-order valence-corrected chi connectivity index (χ1v) is 13.7. The third-order valence-electron chi connectivity index (χ3n) is 7.30. The van der Waals surface area contributed by atoms with E-state index in [4.69, 9.17) is 0 Å². The van der Waals surface area contributed by atoms with E-state index in [2.05, 4.69) is 21.9 Å². The van der Waals surface area contributed by atoms with Crippen molar-refractivity contribution in [3.05, 3.63) is 169 Å². The van der Waals surface area contributed by atoms with Crippen LogP contribution < -0.4 is 19.8 Å². The molecule has 202 valence electrons. The van der Waals surface area contributed by atoms with Gasteiger partial charge in [-0.3, -0.25) is 19.4 Å². The number of hydrogen-bond acceptors (Lipinski definition) is 4. The molecule has 1 saturated heterocycles. The number of benzene rings is 5. The highest BCUT2D eigenvalue weighted by molar-refractivity contribution is 6.36. The van der Waals surface area contributed by atoms with Gasteiger partial charge in [0.2, 0.25) is 0 Å². The molecule has 2 amide bonds. The number of carbonyl (C=O) groups is 2. The number of para-hydroxylation sites is 6. The van der Waals surface area contributed by atoms with Crippen molar-refractivity contribution in [1.29, 1.82) is 0 Å². The van der Waals surface area contributed by atoms with Crippen LogP contribution >= 0.6 is 0 Å². The van der Waals surface area contributed by atoms with Crippen LogP contribution in [0.1, 0.15) is 0 Å². The fraction of sp³-hybridized carbons (Fsp3) is 0. The van der Waals surface area contributed by atoms with Gasteiger partial charge in [-0.2, -0.15) is 0 Å². The van der Waals surface area contributed by atoms with Crippen molar-refractivity contribution in [3.63, 3.8) is 0 Å². The van der Waals surface area contributed by atoms with Gasteiger partial charge in [0.1, 0.15) is 11.4 Å². The SMILES string of the molecule is O=C1C(=CC=C2N(c3ccccc3)c3ccccc3N2c2ccccc2)C(=O)N(c2ccccc2)N1c1ccccc1. The Kier molecular flexibility index (Phi) is 6.33. The zero-order valence-electron chi connectivity index (χ0n) is 22.6. The average molecular weight is 547 g/mol. The number of amides is 2. The third kappa shape index (κ3) is 4.22. The van der Waals surface area contributed by atoms with Crippen LogP contribution in [0.2, 0.25) is 0 Å². The molecule has 42 heavy (non-hydrogen) atoms. The molecule has 7 rings (SSSR count). The Morgan fingerprint density at radius 2 is 0.714 bits per heavy atom. The number of nitrogens with zero attached hydrogens (tertiary/aromatic N) is 4. The molecule has 0 atom stereocenters. The first-order chi connectivity index (χ1) is 20.7. The van der Waals surface area contributed by atoms with Crippen molar-refractivity contribution < 1.29 is 9.59 Å². The zero-order chi connectivity index (χ0) is 28.5. The molecule has 0 bridgehead atoms. The monoisotopic (exact) mass is 546 g/mol. The average Bonchev–Trinajstić information content (AvgIpc) is 3.51. The highest BCUT2D eigenvalue weighted by atomic mass is 16.2. The molecule has 0 N–H and O–H groups in total. The van der Waals surface area contributed by atoms with Crippen LogP contribution in [0, 0.1) is 0 Å². The molecule has 0 saturated carbocycles. The molecule has 1 fully saturated rings. The van der Waals surface area contributed by atoms with Gasteiger partial charge in [0.25, 0.3) is 11.8 Å². The Bertz CT molecular complexity index is 1690.